The summed E-state index contributed by atoms with van der Waals surface area (Å²) in [4.78, 5) is 16.4. The molecular weight excluding hydrogens is 337 g/mol. The third kappa shape index (κ3) is 2.14. The zero-order chi connectivity index (χ0) is 15.3. The minimum Gasteiger partial charge on any atom is -0.505 e. The molecule has 0 saturated heterocycles. The molecular formula is C14H8Cl3NO3. The lowest BCUT2D eigenvalue weighted by atomic mass is 10.1. The number of phenols is 1. The summed E-state index contributed by atoms with van der Waals surface area (Å²) >= 11 is 17.8. The average Bonchev–Trinajstić information content (AvgIpc) is 2.45. The Bertz CT molecular complexity index is 904. The van der Waals surface area contributed by atoms with Crippen molar-refractivity contribution in [1.82, 2.24) is 4.98 Å². The molecule has 108 valence electrons. The molecule has 0 atom stereocenters. The summed E-state index contributed by atoms with van der Waals surface area (Å²) in [5.74, 6) is 0.0214. The van der Waals surface area contributed by atoms with Gasteiger partial charge in [-0.15, -0.1) is 0 Å². The number of fused-ring (bicyclic) bond motifs is 2. The van der Waals surface area contributed by atoms with Crippen molar-refractivity contribution >= 4 is 45.9 Å². The molecule has 0 saturated carbocycles. The Balaban J connectivity index is 2.53. The van der Waals surface area contributed by atoms with E-state index in [-0.39, 0.29) is 31.8 Å². The Morgan fingerprint density at radius 2 is 1.95 bits per heavy atom. The van der Waals surface area contributed by atoms with Crippen LogP contribution in [-0.4, -0.2) is 10.1 Å². The number of phenolic OH excluding ortho intramolecular Hbond substituents is 1. The van der Waals surface area contributed by atoms with E-state index >= 15 is 0 Å². The van der Waals surface area contributed by atoms with Crippen LogP contribution < -0.4 is 5.43 Å². The Labute approximate surface area is 134 Å². The van der Waals surface area contributed by atoms with Gasteiger partial charge in [-0.2, -0.15) is 0 Å². The normalized spacial score (nSPS) is 11.4. The molecule has 0 unspecified atom stereocenters. The molecule has 0 bridgehead atoms. The van der Waals surface area contributed by atoms with E-state index in [0.717, 1.165) is 0 Å². The zero-order valence-corrected chi connectivity index (χ0v) is 13.0. The molecule has 1 heterocycles. The number of nitrogens with zero attached hydrogens (tertiary/aromatic N) is 1. The Kier molecular flexibility index (Phi) is 3.48. The van der Waals surface area contributed by atoms with E-state index in [1.165, 1.54) is 12.1 Å². The molecule has 1 aliphatic carbocycles. The largest absolute Gasteiger partial charge is 0.505 e. The molecule has 0 radical (unpaired) electrons. The Hall–Kier alpha value is -1.49. The number of rotatable bonds is 1. The Morgan fingerprint density at radius 3 is 2.62 bits per heavy atom. The van der Waals surface area contributed by atoms with Crippen LogP contribution in [0.15, 0.2) is 21.3 Å². The molecule has 0 fully saturated rings. The third-order valence-electron chi connectivity index (χ3n) is 3.19. The maximum absolute atomic E-state index is 12.0. The van der Waals surface area contributed by atoms with E-state index in [4.69, 9.17) is 39.2 Å². The fourth-order valence-corrected chi connectivity index (χ4v) is 2.86. The van der Waals surface area contributed by atoms with Crippen molar-refractivity contribution in [1.29, 1.82) is 0 Å². The predicted molar refractivity (Wildman–Crippen MR) is 83.0 cm³/mol. The van der Waals surface area contributed by atoms with Crippen LogP contribution >= 0.6 is 34.8 Å². The van der Waals surface area contributed by atoms with Gasteiger partial charge >= 0.3 is 0 Å². The molecule has 21 heavy (non-hydrogen) atoms. The molecule has 1 aromatic rings. The number of hydrogen-bond donors (Lipinski definition) is 1. The first-order chi connectivity index (χ1) is 9.93. The van der Waals surface area contributed by atoms with Gasteiger partial charge in [0.05, 0.1) is 10.0 Å². The zero-order valence-electron chi connectivity index (χ0n) is 10.7. The first kappa shape index (κ1) is 14.4. The van der Waals surface area contributed by atoms with Crippen molar-refractivity contribution in [3.8, 4) is 17.2 Å². The highest BCUT2D eigenvalue weighted by Gasteiger charge is 2.21. The van der Waals surface area contributed by atoms with Gasteiger partial charge in [-0.25, -0.2) is 4.98 Å². The standard InChI is InChI=1S/C14H8Cl3NO3/c1-2-5-11(19)6(15)3-8-13(5)21-14-9(18-8)4-7(16)12(20)10(14)17/h3-4,20H,2H2,1H3. The lowest BCUT2D eigenvalue weighted by Crippen LogP contribution is -2.12. The summed E-state index contributed by atoms with van der Waals surface area (Å²) in [6.07, 6.45) is 0.434. The summed E-state index contributed by atoms with van der Waals surface area (Å²) in [5, 5.41) is 9.87. The minimum atomic E-state index is -0.300. The van der Waals surface area contributed by atoms with E-state index in [1.54, 1.807) is 0 Å². The maximum atomic E-state index is 12.0. The molecule has 1 N–H and O–H groups in total. The minimum absolute atomic E-state index is 0.0450. The fourth-order valence-electron chi connectivity index (χ4n) is 2.16. The SMILES string of the molecule is CCc1c2oc3c(Cl)c(O)c(Cl)cc3nc-2cc(Cl)c1=O. The van der Waals surface area contributed by atoms with Crippen LogP contribution in [0.2, 0.25) is 15.1 Å². The average molecular weight is 345 g/mol. The first-order valence-corrected chi connectivity index (χ1v) is 7.20. The van der Waals surface area contributed by atoms with Gasteiger partial charge in [-0.3, -0.25) is 4.79 Å². The van der Waals surface area contributed by atoms with Gasteiger partial charge in [0, 0.05) is 5.56 Å². The van der Waals surface area contributed by atoms with Crippen molar-refractivity contribution in [2.45, 2.75) is 13.3 Å². The lowest BCUT2D eigenvalue weighted by Gasteiger charge is -2.12. The molecule has 1 aliphatic heterocycles. The molecule has 0 aromatic heterocycles. The fraction of sp³-hybridized carbons (Fsp3) is 0.143. The van der Waals surface area contributed by atoms with Crippen LogP contribution in [0.25, 0.3) is 22.6 Å². The van der Waals surface area contributed by atoms with Crippen molar-refractivity contribution in [2.75, 3.05) is 0 Å². The molecule has 0 amide bonds. The second-order valence-corrected chi connectivity index (χ2v) is 5.64. The molecule has 3 rings (SSSR count). The molecule has 7 heteroatoms. The van der Waals surface area contributed by atoms with Gasteiger partial charge in [0.25, 0.3) is 0 Å². The Morgan fingerprint density at radius 1 is 1.24 bits per heavy atom. The van der Waals surface area contributed by atoms with Gasteiger partial charge in [0.15, 0.2) is 17.1 Å². The van der Waals surface area contributed by atoms with Crippen LogP contribution in [0.4, 0.5) is 0 Å². The topological polar surface area (TPSA) is 63.3 Å². The number of benzene rings is 2. The summed E-state index contributed by atoms with van der Waals surface area (Å²) in [6, 6.07) is 2.88. The van der Waals surface area contributed by atoms with Crippen LogP contribution in [0, 0.1) is 0 Å². The van der Waals surface area contributed by atoms with Crippen LogP contribution in [-0.2, 0) is 6.42 Å². The molecule has 4 nitrogen and oxygen atoms in total. The third-order valence-corrected chi connectivity index (χ3v) is 4.11. The monoisotopic (exact) mass is 343 g/mol. The van der Waals surface area contributed by atoms with Gasteiger partial charge in [0.2, 0.25) is 5.43 Å². The second kappa shape index (κ2) is 5.05. The molecule has 0 spiro atoms. The predicted octanol–water partition coefficient (Wildman–Crippen LogP) is 4.52. The summed E-state index contributed by atoms with van der Waals surface area (Å²) in [5.41, 5.74) is 1.08. The highest BCUT2D eigenvalue weighted by atomic mass is 35.5. The van der Waals surface area contributed by atoms with Crippen molar-refractivity contribution < 1.29 is 9.52 Å². The van der Waals surface area contributed by atoms with Crippen LogP contribution in [0.1, 0.15) is 12.5 Å². The number of aromatic hydroxyl groups is 1. The second-order valence-electron chi connectivity index (χ2n) is 4.45. The highest BCUT2D eigenvalue weighted by molar-refractivity contribution is 6.40. The quantitative estimate of drug-likeness (QED) is 0.659. The maximum Gasteiger partial charge on any atom is 0.204 e. The van der Waals surface area contributed by atoms with Gasteiger partial charge < -0.3 is 9.52 Å². The smallest absolute Gasteiger partial charge is 0.204 e. The highest BCUT2D eigenvalue weighted by Crippen LogP contribution is 2.40. The number of halogens is 3. The van der Waals surface area contributed by atoms with Gasteiger partial charge in [-0.1, -0.05) is 41.7 Å². The number of hydrogen-bond acceptors (Lipinski definition) is 4. The van der Waals surface area contributed by atoms with E-state index in [9.17, 15) is 9.90 Å². The molecule has 1 aromatic carbocycles. The van der Waals surface area contributed by atoms with E-state index < -0.39 is 0 Å². The first-order valence-electron chi connectivity index (χ1n) is 6.07. The van der Waals surface area contributed by atoms with Gasteiger partial charge in [0.1, 0.15) is 16.2 Å². The molecule has 2 aliphatic rings. The summed E-state index contributed by atoms with van der Waals surface area (Å²) in [7, 11) is 0. The lowest BCUT2D eigenvalue weighted by molar-refractivity contribution is 0.474. The summed E-state index contributed by atoms with van der Waals surface area (Å²) < 4.78 is 5.70. The summed E-state index contributed by atoms with van der Waals surface area (Å²) in [6.45, 7) is 1.81. The van der Waals surface area contributed by atoms with Crippen molar-refractivity contribution in [2.24, 2.45) is 0 Å². The van der Waals surface area contributed by atoms with E-state index in [1.807, 2.05) is 6.92 Å². The number of aromatic nitrogens is 1. The van der Waals surface area contributed by atoms with E-state index in [0.29, 0.717) is 29.0 Å². The van der Waals surface area contributed by atoms with E-state index in [2.05, 4.69) is 4.98 Å². The van der Waals surface area contributed by atoms with Crippen molar-refractivity contribution in [3.05, 3.63) is 43.0 Å². The van der Waals surface area contributed by atoms with Crippen molar-refractivity contribution in [3.63, 3.8) is 0 Å². The van der Waals surface area contributed by atoms with Crippen LogP contribution in [0.3, 0.4) is 0 Å². The van der Waals surface area contributed by atoms with Gasteiger partial charge in [-0.05, 0) is 18.6 Å². The van der Waals surface area contributed by atoms with Crippen LogP contribution in [0.5, 0.6) is 5.75 Å².